The Labute approximate surface area is 142 Å². The van der Waals surface area contributed by atoms with Gasteiger partial charge >= 0.3 is 0 Å². The van der Waals surface area contributed by atoms with Crippen molar-refractivity contribution in [2.24, 2.45) is 5.92 Å². The molecule has 24 heavy (non-hydrogen) atoms. The van der Waals surface area contributed by atoms with Gasteiger partial charge in [-0.25, -0.2) is 17.2 Å². The first-order valence-electron chi connectivity index (χ1n) is 7.02. The zero-order valence-electron chi connectivity index (χ0n) is 12.9. The number of carbonyl (C=O) groups is 1. The number of hydrogen-bond acceptors (Lipinski definition) is 4. The molecule has 2 N–H and O–H groups in total. The Morgan fingerprint density at radius 1 is 1.17 bits per heavy atom. The highest BCUT2D eigenvalue weighted by molar-refractivity contribution is 7.91. The molecule has 2 aromatic rings. The lowest BCUT2D eigenvalue weighted by atomic mass is 10.0. The molecule has 1 atom stereocenters. The molecule has 0 spiro atoms. The van der Waals surface area contributed by atoms with Crippen LogP contribution in [0.5, 0.6) is 0 Å². The van der Waals surface area contributed by atoms with E-state index >= 15 is 0 Å². The molecule has 5 nitrogen and oxygen atoms in total. The van der Waals surface area contributed by atoms with Crippen LogP contribution in [0.4, 0.5) is 14.5 Å². The summed E-state index contributed by atoms with van der Waals surface area (Å²) in [4.78, 5) is 12.3. The Balaban J connectivity index is 2.18. The number of benzene rings is 1. The van der Waals surface area contributed by atoms with Crippen LogP contribution in [0.2, 0.25) is 0 Å². The first-order valence-corrected chi connectivity index (χ1v) is 9.39. The van der Waals surface area contributed by atoms with E-state index in [-0.39, 0.29) is 15.8 Å². The minimum Gasteiger partial charge on any atom is -0.325 e. The second-order valence-corrected chi connectivity index (χ2v) is 8.28. The smallest absolute Gasteiger partial charge is 0.250 e. The topological polar surface area (TPSA) is 75.3 Å². The van der Waals surface area contributed by atoms with Crippen molar-refractivity contribution in [2.45, 2.75) is 24.1 Å². The van der Waals surface area contributed by atoms with Gasteiger partial charge in [0, 0.05) is 11.8 Å². The minimum atomic E-state index is -3.84. The second-order valence-electron chi connectivity index (χ2n) is 5.39. The van der Waals surface area contributed by atoms with Crippen molar-refractivity contribution >= 4 is 33.0 Å². The molecule has 130 valence electrons. The molecule has 1 aromatic heterocycles. The number of halogens is 2. The fourth-order valence-corrected chi connectivity index (χ4v) is 4.28. The molecule has 0 fully saturated rings. The quantitative estimate of drug-likeness (QED) is 0.816. The molecule has 2 rings (SSSR count). The minimum absolute atomic E-state index is 0.0415. The van der Waals surface area contributed by atoms with Crippen LogP contribution in [0.15, 0.2) is 39.9 Å². The highest BCUT2D eigenvalue weighted by Crippen LogP contribution is 2.19. The number of sulfonamides is 1. The van der Waals surface area contributed by atoms with E-state index < -0.39 is 33.6 Å². The fraction of sp³-hybridized carbons (Fsp3) is 0.267. The first-order chi connectivity index (χ1) is 11.2. The maximum atomic E-state index is 13.2. The van der Waals surface area contributed by atoms with Crippen molar-refractivity contribution in [1.82, 2.24) is 4.72 Å². The van der Waals surface area contributed by atoms with Crippen molar-refractivity contribution in [1.29, 1.82) is 0 Å². The maximum absolute atomic E-state index is 13.2. The van der Waals surface area contributed by atoms with Gasteiger partial charge in [0.2, 0.25) is 5.91 Å². The van der Waals surface area contributed by atoms with E-state index in [0.29, 0.717) is 0 Å². The zero-order valence-corrected chi connectivity index (χ0v) is 14.5. The molecular weight excluding hydrogens is 358 g/mol. The van der Waals surface area contributed by atoms with Gasteiger partial charge in [-0.15, -0.1) is 11.3 Å². The summed E-state index contributed by atoms with van der Waals surface area (Å²) in [5.41, 5.74) is 0.0415. The summed E-state index contributed by atoms with van der Waals surface area (Å²) in [6.45, 7) is 3.35. The van der Waals surface area contributed by atoms with Crippen LogP contribution in [0.25, 0.3) is 0 Å². The second kappa shape index (κ2) is 7.37. The van der Waals surface area contributed by atoms with Gasteiger partial charge in [-0.2, -0.15) is 4.72 Å². The summed E-state index contributed by atoms with van der Waals surface area (Å²) in [5, 5.41) is 4.00. The summed E-state index contributed by atoms with van der Waals surface area (Å²) < 4.78 is 53.1. The van der Waals surface area contributed by atoms with Crippen LogP contribution in [-0.2, 0) is 14.8 Å². The average molecular weight is 374 g/mol. The molecule has 0 radical (unpaired) electrons. The summed E-state index contributed by atoms with van der Waals surface area (Å²) in [6, 6.07) is 4.86. The molecule has 0 unspecified atom stereocenters. The number of hydrogen-bond donors (Lipinski definition) is 2. The third-order valence-corrected chi connectivity index (χ3v) is 6.02. The predicted octanol–water partition coefficient (Wildman–Crippen LogP) is 2.97. The van der Waals surface area contributed by atoms with Gasteiger partial charge < -0.3 is 5.32 Å². The Kier molecular flexibility index (Phi) is 5.68. The largest absolute Gasteiger partial charge is 0.325 e. The molecule has 0 aliphatic carbocycles. The van der Waals surface area contributed by atoms with Gasteiger partial charge in [-0.05, 0) is 29.5 Å². The van der Waals surface area contributed by atoms with Crippen molar-refractivity contribution < 1.29 is 22.0 Å². The lowest BCUT2D eigenvalue weighted by Gasteiger charge is -2.21. The molecule has 0 aliphatic rings. The molecule has 1 aromatic carbocycles. The zero-order chi connectivity index (χ0) is 17.9. The molecule has 0 saturated heterocycles. The molecular formula is C15H16F2N2O3S2. The van der Waals surface area contributed by atoms with E-state index in [1.165, 1.54) is 12.1 Å². The van der Waals surface area contributed by atoms with Crippen LogP contribution < -0.4 is 10.0 Å². The van der Waals surface area contributed by atoms with Crippen molar-refractivity contribution in [3.8, 4) is 0 Å². The van der Waals surface area contributed by atoms with Gasteiger partial charge in [-0.1, -0.05) is 19.9 Å². The van der Waals surface area contributed by atoms with Gasteiger partial charge in [0.15, 0.2) is 11.6 Å². The molecule has 0 saturated carbocycles. The van der Waals surface area contributed by atoms with Gasteiger partial charge in [0.05, 0.1) is 0 Å². The van der Waals surface area contributed by atoms with Crippen LogP contribution in [0.3, 0.4) is 0 Å². The lowest BCUT2D eigenvalue weighted by molar-refractivity contribution is -0.118. The highest BCUT2D eigenvalue weighted by atomic mass is 32.2. The van der Waals surface area contributed by atoms with E-state index in [9.17, 15) is 22.0 Å². The molecule has 1 heterocycles. The van der Waals surface area contributed by atoms with Crippen molar-refractivity contribution in [3.63, 3.8) is 0 Å². The third-order valence-electron chi connectivity index (χ3n) is 3.18. The molecule has 9 heteroatoms. The van der Waals surface area contributed by atoms with Crippen LogP contribution in [0, 0.1) is 17.6 Å². The number of carbonyl (C=O) groups excluding carboxylic acids is 1. The number of nitrogens with one attached hydrogen (secondary N) is 2. The summed E-state index contributed by atoms with van der Waals surface area (Å²) in [5.74, 6) is -3.15. The Bertz CT molecular complexity index is 821. The molecule has 1 amide bonds. The van der Waals surface area contributed by atoms with Crippen molar-refractivity contribution in [2.75, 3.05) is 5.32 Å². The first kappa shape index (κ1) is 18.5. The normalized spacial score (nSPS) is 13.0. The molecule has 0 bridgehead atoms. The Morgan fingerprint density at radius 3 is 2.42 bits per heavy atom. The summed E-state index contributed by atoms with van der Waals surface area (Å²) >= 11 is 1.03. The number of amides is 1. The van der Waals surface area contributed by atoms with Gasteiger partial charge in [0.1, 0.15) is 10.3 Å². The van der Waals surface area contributed by atoms with E-state index in [1.54, 1.807) is 25.3 Å². The summed E-state index contributed by atoms with van der Waals surface area (Å²) in [7, 11) is -3.84. The number of thiophene rings is 1. The van der Waals surface area contributed by atoms with Crippen LogP contribution in [0.1, 0.15) is 13.8 Å². The van der Waals surface area contributed by atoms with E-state index in [2.05, 4.69) is 10.0 Å². The average Bonchev–Trinajstić information content (AvgIpc) is 3.03. The Hall–Kier alpha value is -1.84. The monoisotopic (exact) mass is 374 g/mol. The highest BCUT2D eigenvalue weighted by Gasteiger charge is 2.29. The standard InChI is InChI=1S/C15H16F2N2O3S2/c1-9(2)14(19-24(21,22)13-4-3-7-23-13)15(20)18-10-5-6-11(16)12(17)8-10/h3-9,14,19H,1-2H3,(H,18,20)/t14-/m0/s1. The van der Waals surface area contributed by atoms with Crippen LogP contribution >= 0.6 is 11.3 Å². The van der Waals surface area contributed by atoms with E-state index in [1.807, 2.05) is 0 Å². The molecule has 0 aliphatic heterocycles. The SMILES string of the molecule is CC(C)[C@H](NS(=O)(=O)c1cccs1)C(=O)Nc1ccc(F)c(F)c1. The van der Waals surface area contributed by atoms with Gasteiger partial charge in [-0.3, -0.25) is 4.79 Å². The van der Waals surface area contributed by atoms with Crippen LogP contribution in [-0.4, -0.2) is 20.4 Å². The van der Waals surface area contributed by atoms with E-state index in [0.717, 1.165) is 23.5 Å². The van der Waals surface area contributed by atoms with Crippen molar-refractivity contribution in [3.05, 3.63) is 47.3 Å². The summed E-state index contributed by atoms with van der Waals surface area (Å²) in [6.07, 6.45) is 0. The van der Waals surface area contributed by atoms with Gasteiger partial charge in [0.25, 0.3) is 10.0 Å². The lowest BCUT2D eigenvalue weighted by Crippen LogP contribution is -2.46. The van der Waals surface area contributed by atoms with E-state index in [4.69, 9.17) is 0 Å². The third kappa shape index (κ3) is 4.37. The maximum Gasteiger partial charge on any atom is 0.250 e. The number of rotatable bonds is 6. The fourth-order valence-electron chi connectivity index (χ4n) is 1.93. The Morgan fingerprint density at radius 2 is 1.88 bits per heavy atom. The number of anilines is 1. The predicted molar refractivity (Wildman–Crippen MR) is 88.3 cm³/mol.